The van der Waals surface area contributed by atoms with Crippen LogP contribution in [-0.2, 0) is 11.2 Å². The average Bonchev–Trinajstić information content (AvgIpc) is 2.49. The fourth-order valence-electron chi connectivity index (χ4n) is 2.59. The van der Waals surface area contributed by atoms with Gasteiger partial charge in [0.25, 0.3) is 0 Å². The summed E-state index contributed by atoms with van der Waals surface area (Å²) in [5, 5.41) is 0. The third kappa shape index (κ3) is 2.86. The lowest BCUT2D eigenvalue weighted by atomic mass is 9.93. The number of ether oxygens (including phenoxy) is 2. The summed E-state index contributed by atoms with van der Waals surface area (Å²) in [6.07, 6.45) is 0.925. The van der Waals surface area contributed by atoms with Gasteiger partial charge in [-0.2, -0.15) is 0 Å². The highest BCUT2D eigenvalue weighted by atomic mass is 16.5. The van der Waals surface area contributed by atoms with Gasteiger partial charge in [-0.05, 0) is 47.7 Å². The molecular formula is C18H22O2. The zero-order valence-corrected chi connectivity index (χ0v) is 12.6. The first kappa shape index (κ1) is 14.6. The normalized spacial score (nSPS) is 12.2. The number of hydrogen-bond donors (Lipinski definition) is 0. The molecule has 2 heteroatoms. The van der Waals surface area contributed by atoms with Gasteiger partial charge in [0.15, 0.2) is 0 Å². The van der Waals surface area contributed by atoms with Crippen molar-refractivity contribution in [1.29, 1.82) is 0 Å². The van der Waals surface area contributed by atoms with Crippen molar-refractivity contribution < 1.29 is 9.47 Å². The van der Waals surface area contributed by atoms with Crippen molar-refractivity contribution in [3.63, 3.8) is 0 Å². The minimum atomic E-state index is -0.0317. The van der Waals surface area contributed by atoms with Crippen LogP contribution in [0.25, 0.3) is 0 Å². The molecule has 0 amide bonds. The highest BCUT2D eigenvalue weighted by molar-refractivity contribution is 5.45. The van der Waals surface area contributed by atoms with Crippen LogP contribution in [0.3, 0.4) is 0 Å². The number of rotatable bonds is 5. The summed E-state index contributed by atoms with van der Waals surface area (Å²) >= 11 is 0. The molecule has 0 saturated heterocycles. The van der Waals surface area contributed by atoms with Crippen molar-refractivity contribution >= 4 is 0 Å². The van der Waals surface area contributed by atoms with E-state index in [1.54, 1.807) is 14.2 Å². The minimum Gasteiger partial charge on any atom is -0.496 e. The SMILES string of the molecule is CCc1cc(OC)c(C)cc1C(OC)c1ccccc1. The van der Waals surface area contributed by atoms with Gasteiger partial charge in [-0.3, -0.25) is 0 Å². The summed E-state index contributed by atoms with van der Waals surface area (Å²) in [5.41, 5.74) is 4.80. The smallest absolute Gasteiger partial charge is 0.122 e. The summed E-state index contributed by atoms with van der Waals surface area (Å²) in [6, 6.07) is 14.6. The predicted octanol–water partition coefficient (Wildman–Crippen LogP) is 4.30. The summed E-state index contributed by atoms with van der Waals surface area (Å²) in [6.45, 7) is 4.23. The summed E-state index contributed by atoms with van der Waals surface area (Å²) in [4.78, 5) is 0. The standard InChI is InChI=1S/C18H22O2/c1-5-14-12-17(19-3)13(2)11-16(14)18(20-4)15-9-7-6-8-10-15/h6-12,18H,5H2,1-4H3. The van der Waals surface area contributed by atoms with E-state index in [4.69, 9.17) is 9.47 Å². The molecule has 2 rings (SSSR count). The van der Waals surface area contributed by atoms with Gasteiger partial charge in [0.1, 0.15) is 11.9 Å². The highest BCUT2D eigenvalue weighted by Crippen LogP contribution is 2.32. The molecule has 0 spiro atoms. The van der Waals surface area contributed by atoms with Crippen LogP contribution < -0.4 is 4.74 Å². The molecule has 2 nitrogen and oxygen atoms in total. The zero-order chi connectivity index (χ0) is 14.5. The number of hydrogen-bond acceptors (Lipinski definition) is 2. The molecule has 106 valence electrons. The van der Waals surface area contributed by atoms with E-state index in [0.717, 1.165) is 17.7 Å². The van der Waals surface area contributed by atoms with Crippen LogP contribution in [-0.4, -0.2) is 14.2 Å². The van der Waals surface area contributed by atoms with E-state index in [1.165, 1.54) is 16.7 Å². The van der Waals surface area contributed by atoms with Crippen LogP contribution in [0.15, 0.2) is 42.5 Å². The number of aryl methyl sites for hydroxylation is 2. The molecule has 0 aliphatic carbocycles. The van der Waals surface area contributed by atoms with Gasteiger partial charge in [0.2, 0.25) is 0 Å². The van der Waals surface area contributed by atoms with Gasteiger partial charge in [-0.1, -0.05) is 37.3 Å². The molecule has 1 atom stereocenters. The Bertz CT molecular complexity index is 561. The van der Waals surface area contributed by atoms with Crippen molar-refractivity contribution in [2.24, 2.45) is 0 Å². The minimum absolute atomic E-state index is 0.0317. The van der Waals surface area contributed by atoms with Crippen molar-refractivity contribution in [2.45, 2.75) is 26.4 Å². The molecule has 20 heavy (non-hydrogen) atoms. The third-order valence-corrected chi connectivity index (χ3v) is 3.66. The van der Waals surface area contributed by atoms with Crippen LogP contribution >= 0.6 is 0 Å². The fraction of sp³-hybridized carbons (Fsp3) is 0.333. The monoisotopic (exact) mass is 270 g/mol. The van der Waals surface area contributed by atoms with E-state index in [0.29, 0.717) is 0 Å². The Kier molecular flexibility index (Phi) is 4.80. The first-order valence-electron chi connectivity index (χ1n) is 6.96. The molecule has 0 aliphatic rings. The van der Waals surface area contributed by atoms with E-state index in [-0.39, 0.29) is 6.10 Å². The van der Waals surface area contributed by atoms with Gasteiger partial charge in [0.05, 0.1) is 7.11 Å². The molecular weight excluding hydrogens is 248 g/mol. The number of methoxy groups -OCH3 is 2. The van der Waals surface area contributed by atoms with E-state index < -0.39 is 0 Å². The lowest BCUT2D eigenvalue weighted by Crippen LogP contribution is -2.07. The van der Waals surface area contributed by atoms with Crippen LogP contribution in [0.5, 0.6) is 5.75 Å². The quantitative estimate of drug-likeness (QED) is 0.806. The Hall–Kier alpha value is -1.80. The maximum absolute atomic E-state index is 5.75. The van der Waals surface area contributed by atoms with Crippen LogP contribution in [0.2, 0.25) is 0 Å². The van der Waals surface area contributed by atoms with E-state index >= 15 is 0 Å². The first-order valence-corrected chi connectivity index (χ1v) is 6.96. The van der Waals surface area contributed by atoms with Crippen LogP contribution in [0.1, 0.15) is 35.3 Å². The summed E-state index contributed by atoms with van der Waals surface area (Å²) in [5.74, 6) is 0.938. The fourth-order valence-corrected chi connectivity index (χ4v) is 2.59. The van der Waals surface area contributed by atoms with E-state index in [2.05, 4.69) is 38.1 Å². The van der Waals surface area contributed by atoms with Crippen molar-refractivity contribution in [3.8, 4) is 5.75 Å². The zero-order valence-electron chi connectivity index (χ0n) is 12.6. The Balaban J connectivity index is 2.52. The Morgan fingerprint density at radius 2 is 1.75 bits per heavy atom. The topological polar surface area (TPSA) is 18.5 Å². The summed E-state index contributed by atoms with van der Waals surface area (Å²) in [7, 11) is 3.48. The molecule has 0 radical (unpaired) electrons. The molecule has 0 bridgehead atoms. The molecule has 0 N–H and O–H groups in total. The Morgan fingerprint density at radius 3 is 2.30 bits per heavy atom. The molecule has 0 aromatic heterocycles. The van der Waals surface area contributed by atoms with Crippen LogP contribution in [0.4, 0.5) is 0 Å². The molecule has 0 saturated carbocycles. The third-order valence-electron chi connectivity index (χ3n) is 3.66. The Labute approximate surface area is 121 Å². The molecule has 2 aromatic carbocycles. The van der Waals surface area contributed by atoms with Gasteiger partial charge >= 0.3 is 0 Å². The van der Waals surface area contributed by atoms with Gasteiger partial charge in [0, 0.05) is 7.11 Å². The highest BCUT2D eigenvalue weighted by Gasteiger charge is 2.18. The lowest BCUT2D eigenvalue weighted by molar-refractivity contribution is 0.135. The Morgan fingerprint density at radius 1 is 1.05 bits per heavy atom. The lowest BCUT2D eigenvalue weighted by Gasteiger charge is -2.21. The van der Waals surface area contributed by atoms with Gasteiger partial charge < -0.3 is 9.47 Å². The maximum atomic E-state index is 5.75. The average molecular weight is 270 g/mol. The van der Waals surface area contributed by atoms with Crippen molar-refractivity contribution in [3.05, 3.63) is 64.7 Å². The molecule has 0 heterocycles. The first-order chi connectivity index (χ1) is 9.71. The molecule has 1 unspecified atom stereocenters. The molecule has 0 fully saturated rings. The largest absolute Gasteiger partial charge is 0.496 e. The van der Waals surface area contributed by atoms with Gasteiger partial charge in [-0.15, -0.1) is 0 Å². The predicted molar refractivity (Wildman–Crippen MR) is 82.4 cm³/mol. The second-order valence-electron chi connectivity index (χ2n) is 4.90. The van der Waals surface area contributed by atoms with E-state index in [1.807, 2.05) is 18.2 Å². The van der Waals surface area contributed by atoms with Crippen molar-refractivity contribution in [2.75, 3.05) is 14.2 Å². The van der Waals surface area contributed by atoms with E-state index in [9.17, 15) is 0 Å². The number of benzene rings is 2. The maximum Gasteiger partial charge on any atom is 0.122 e. The molecule has 2 aromatic rings. The van der Waals surface area contributed by atoms with Crippen molar-refractivity contribution in [1.82, 2.24) is 0 Å². The molecule has 0 aliphatic heterocycles. The van der Waals surface area contributed by atoms with Gasteiger partial charge in [-0.25, -0.2) is 0 Å². The van der Waals surface area contributed by atoms with Crippen LogP contribution in [0, 0.1) is 6.92 Å². The summed E-state index contributed by atoms with van der Waals surface area (Å²) < 4.78 is 11.2. The second kappa shape index (κ2) is 6.58. The second-order valence-corrected chi connectivity index (χ2v) is 4.90.